The zero-order valence-corrected chi connectivity index (χ0v) is 30.7. The van der Waals surface area contributed by atoms with Crippen LogP contribution in [-0.2, 0) is 20.1 Å². The van der Waals surface area contributed by atoms with Gasteiger partial charge in [0.1, 0.15) is 5.58 Å². The summed E-state index contributed by atoms with van der Waals surface area (Å²) in [6.07, 6.45) is 1.79. The zero-order chi connectivity index (χ0) is 32.7. The van der Waals surface area contributed by atoms with E-state index in [4.69, 9.17) is 14.4 Å². The molecule has 1 radical (unpaired) electrons. The Balaban J connectivity index is 0.000000246. The van der Waals surface area contributed by atoms with Gasteiger partial charge in [-0.05, 0) is 42.1 Å². The van der Waals surface area contributed by atoms with E-state index in [1.54, 1.807) is 6.20 Å². The summed E-state index contributed by atoms with van der Waals surface area (Å²) < 4.78 is 8.67. The van der Waals surface area contributed by atoms with Gasteiger partial charge in [-0.2, -0.15) is 0 Å². The minimum atomic E-state index is -1.47. The summed E-state index contributed by atoms with van der Waals surface area (Å²) in [7, 11) is -1.47. The van der Waals surface area contributed by atoms with E-state index in [1.807, 2.05) is 84.9 Å². The Labute approximate surface area is 299 Å². The van der Waals surface area contributed by atoms with Gasteiger partial charge < -0.3 is 14.0 Å². The molecule has 0 aliphatic carbocycles. The molecule has 4 aromatic heterocycles. The van der Waals surface area contributed by atoms with Crippen molar-refractivity contribution in [2.24, 2.45) is 0 Å². The Morgan fingerprint density at radius 2 is 1.47 bits per heavy atom. The molecule has 0 bridgehead atoms. The van der Waals surface area contributed by atoms with Gasteiger partial charge in [-0.1, -0.05) is 96.4 Å². The van der Waals surface area contributed by atoms with Gasteiger partial charge in [-0.15, -0.1) is 54.1 Å². The first-order valence-electron chi connectivity index (χ1n) is 16.0. The van der Waals surface area contributed by atoms with Crippen LogP contribution in [-0.4, -0.2) is 27.6 Å². The number of imidazole rings is 1. The van der Waals surface area contributed by atoms with Crippen molar-refractivity contribution in [1.29, 1.82) is 0 Å². The quantitative estimate of drug-likeness (QED) is 0.131. The number of furan rings is 1. The Hall–Kier alpha value is -5.20. The molecular formula is C42H32IrN4OSi-2. The molecule has 0 fully saturated rings. The number of aromatic nitrogens is 4. The van der Waals surface area contributed by atoms with Crippen molar-refractivity contribution >= 4 is 57.3 Å². The summed E-state index contributed by atoms with van der Waals surface area (Å²) in [5, 5.41) is 4.64. The summed E-state index contributed by atoms with van der Waals surface area (Å²) in [5.41, 5.74) is 8.17. The number of fused-ring (bicyclic) bond motifs is 5. The van der Waals surface area contributed by atoms with Crippen LogP contribution in [0.25, 0.3) is 72.3 Å². The van der Waals surface area contributed by atoms with Crippen molar-refractivity contribution in [3.63, 3.8) is 0 Å². The molecule has 0 unspecified atom stereocenters. The fourth-order valence-electron chi connectivity index (χ4n) is 6.04. The van der Waals surface area contributed by atoms with Crippen molar-refractivity contribution in [3.05, 3.63) is 152 Å². The number of rotatable bonds is 4. The second-order valence-corrected chi connectivity index (χ2v) is 17.9. The van der Waals surface area contributed by atoms with Crippen LogP contribution in [0.5, 0.6) is 0 Å². The predicted octanol–water partition coefficient (Wildman–Crippen LogP) is 10.0. The van der Waals surface area contributed by atoms with Gasteiger partial charge in [-0.3, -0.25) is 4.98 Å². The first kappa shape index (κ1) is 32.3. The minimum absolute atomic E-state index is 0. The summed E-state index contributed by atoms with van der Waals surface area (Å²) in [5.74, 6) is 0.772. The molecule has 0 aliphatic rings. The molecule has 0 atom stereocenters. The van der Waals surface area contributed by atoms with Crippen LogP contribution in [0.1, 0.15) is 0 Å². The maximum absolute atomic E-state index is 6.56. The molecule has 49 heavy (non-hydrogen) atoms. The van der Waals surface area contributed by atoms with Gasteiger partial charge in [-0.25, -0.2) is 4.98 Å². The van der Waals surface area contributed by atoms with E-state index in [9.17, 15) is 0 Å². The van der Waals surface area contributed by atoms with Crippen molar-refractivity contribution in [1.82, 2.24) is 19.5 Å². The monoisotopic (exact) mass is 829 g/mol. The Morgan fingerprint density at radius 3 is 2.24 bits per heavy atom. The molecule has 5 nitrogen and oxygen atoms in total. The second-order valence-electron chi connectivity index (χ2n) is 12.8. The van der Waals surface area contributed by atoms with Gasteiger partial charge in [0, 0.05) is 42.8 Å². The topological polar surface area (TPSA) is 56.7 Å². The second kappa shape index (κ2) is 13.4. The SMILES string of the molecule is C[Si](C)(C)c1ccc2c(c1)oc1c(-c3nc4cc5ccccc5nc4n3-c3ccccc3)[c-]ccc12.[Ir].[c-]1ccccc1-c1ccccn1. The average molecular weight is 829 g/mol. The summed E-state index contributed by atoms with van der Waals surface area (Å²) in [6.45, 7) is 7.07. The standard InChI is InChI=1S/C31H24N3OSi.C11H8N.Ir/c1-36(2,3)22-16-17-23-24-13-9-14-25(29(24)35-28(23)19-22)30-33-27-18-20-10-7-8-15-26(20)32-31(27)34(30)21-11-5-4-6-12-21;1-2-6-10(7-3-1)11-8-4-5-9-12-11;/h4-13,15-19H,1-3H3;1-6,8-9H;/q2*-1;. The van der Waals surface area contributed by atoms with Gasteiger partial charge in [0.25, 0.3) is 0 Å². The molecule has 7 heteroatoms. The van der Waals surface area contributed by atoms with E-state index >= 15 is 0 Å². The Kier molecular flexibility index (Phi) is 8.82. The van der Waals surface area contributed by atoms with E-state index in [-0.39, 0.29) is 20.1 Å². The number of hydrogen-bond donors (Lipinski definition) is 0. The maximum Gasteiger partial charge on any atom is 0.156 e. The summed E-state index contributed by atoms with van der Waals surface area (Å²) >= 11 is 0. The predicted molar refractivity (Wildman–Crippen MR) is 199 cm³/mol. The van der Waals surface area contributed by atoms with Crippen LogP contribution in [0.4, 0.5) is 0 Å². The van der Waals surface area contributed by atoms with E-state index in [0.29, 0.717) is 0 Å². The molecule has 0 saturated heterocycles. The van der Waals surface area contributed by atoms with Crippen LogP contribution < -0.4 is 5.19 Å². The molecule has 241 valence electrons. The third kappa shape index (κ3) is 6.25. The number of benzene rings is 5. The van der Waals surface area contributed by atoms with Gasteiger partial charge in [0.2, 0.25) is 0 Å². The van der Waals surface area contributed by atoms with Crippen LogP contribution in [0, 0.1) is 12.1 Å². The third-order valence-electron chi connectivity index (χ3n) is 8.52. The van der Waals surface area contributed by atoms with Crippen molar-refractivity contribution in [2.45, 2.75) is 19.6 Å². The van der Waals surface area contributed by atoms with Crippen molar-refractivity contribution in [2.75, 3.05) is 0 Å². The number of hydrogen-bond acceptors (Lipinski definition) is 4. The Morgan fingerprint density at radius 1 is 0.673 bits per heavy atom. The molecule has 5 aromatic carbocycles. The van der Waals surface area contributed by atoms with E-state index in [0.717, 1.165) is 72.3 Å². The van der Waals surface area contributed by atoms with Gasteiger partial charge in [0.15, 0.2) is 5.65 Å². The molecular weight excluding hydrogens is 797 g/mol. The van der Waals surface area contributed by atoms with Crippen LogP contribution in [0.3, 0.4) is 0 Å². The molecule has 0 N–H and O–H groups in total. The number of nitrogens with zero attached hydrogens (tertiary/aromatic N) is 4. The number of para-hydroxylation sites is 2. The van der Waals surface area contributed by atoms with Crippen LogP contribution in [0.2, 0.25) is 19.6 Å². The Bertz CT molecular complexity index is 2500. The summed E-state index contributed by atoms with van der Waals surface area (Å²) in [6, 6.07) is 51.5. The normalized spacial score (nSPS) is 11.4. The van der Waals surface area contributed by atoms with Gasteiger partial charge in [0.05, 0.1) is 30.5 Å². The average Bonchev–Trinajstić information content (AvgIpc) is 3.69. The van der Waals surface area contributed by atoms with E-state index in [2.05, 4.69) is 89.9 Å². The van der Waals surface area contributed by atoms with E-state index in [1.165, 1.54) is 5.19 Å². The molecule has 0 spiro atoms. The van der Waals surface area contributed by atoms with Crippen LogP contribution >= 0.6 is 0 Å². The summed E-state index contributed by atoms with van der Waals surface area (Å²) in [4.78, 5) is 14.3. The zero-order valence-electron chi connectivity index (χ0n) is 27.3. The van der Waals surface area contributed by atoms with Crippen molar-refractivity contribution in [3.8, 4) is 28.3 Å². The van der Waals surface area contributed by atoms with E-state index < -0.39 is 8.07 Å². The first-order valence-corrected chi connectivity index (χ1v) is 19.5. The molecule has 9 rings (SSSR count). The molecule has 9 aromatic rings. The third-order valence-corrected chi connectivity index (χ3v) is 10.6. The maximum atomic E-state index is 6.56. The molecule has 0 saturated carbocycles. The fourth-order valence-corrected chi connectivity index (χ4v) is 7.19. The largest absolute Gasteiger partial charge is 0.501 e. The van der Waals surface area contributed by atoms with Crippen LogP contribution in [0.15, 0.2) is 144 Å². The molecule has 0 amide bonds. The number of pyridine rings is 2. The first-order chi connectivity index (χ1) is 23.4. The fraction of sp³-hybridized carbons (Fsp3) is 0.0714. The molecule has 0 aliphatic heterocycles. The molecule has 4 heterocycles. The smallest absolute Gasteiger partial charge is 0.156 e. The van der Waals surface area contributed by atoms with Gasteiger partial charge >= 0.3 is 0 Å². The van der Waals surface area contributed by atoms with Crippen molar-refractivity contribution < 1.29 is 24.5 Å². The minimum Gasteiger partial charge on any atom is -0.501 e.